The van der Waals surface area contributed by atoms with Crippen LogP contribution in [-0.2, 0) is 0 Å². The van der Waals surface area contributed by atoms with Crippen molar-refractivity contribution in [2.45, 2.75) is 17.9 Å². The second-order valence-electron chi connectivity index (χ2n) is 4.44. The third-order valence-electron chi connectivity index (χ3n) is 3.09. The third kappa shape index (κ3) is 3.47. The molecular weight excluding hydrogens is 288 g/mol. The van der Waals surface area contributed by atoms with Crippen molar-refractivity contribution in [3.05, 3.63) is 58.6 Å². The van der Waals surface area contributed by atoms with E-state index in [4.69, 9.17) is 16.9 Å². The van der Waals surface area contributed by atoms with Crippen LogP contribution in [0.2, 0.25) is 5.02 Å². The largest absolute Gasteiger partial charge is 0.377 e. The first kappa shape index (κ1) is 14.8. The lowest BCUT2D eigenvalue weighted by Gasteiger charge is -2.17. The maximum absolute atomic E-state index is 9.13. The molecule has 0 spiro atoms. The number of thioether (sulfide) groups is 1. The molecule has 1 unspecified atom stereocenters. The van der Waals surface area contributed by atoms with Gasteiger partial charge in [-0.1, -0.05) is 23.7 Å². The zero-order valence-electron chi connectivity index (χ0n) is 11.4. The lowest BCUT2D eigenvalue weighted by atomic mass is 10.1. The third-order valence-corrected chi connectivity index (χ3v) is 4.07. The second-order valence-corrected chi connectivity index (χ2v) is 5.76. The molecule has 0 aliphatic carbocycles. The molecule has 2 rings (SSSR count). The van der Waals surface area contributed by atoms with Gasteiger partial charge < -0.3 is 5.32 Å². The molecule has 0 radical (unpaired) electrons. The number of nitrogens with one attached hydrogen (secondary N) is 1. The maximum Gasteiger partial charge on any atom is 0.101 e. The summed E-state index contributed by atoms with van der Waals surface area (Å²) in [7, 11) is 0. The molecule has 1 atom stereocenters. The summed E-state index contributed by atoms with van der Waals surface area (Å²) in [4.78, 5) is 1.24. The summed E-state index contributed by atoms with van der Waals surface area (Å²) < 4.78 is 0. The van der Waals surface area contributed by atoms with Gasteiger partial charge in [0.2, 0.25) is 0 Å². The predicted molar refractivity (Wildman–Crippen MR) is 86.4 cm³/mol. The van der Waals surface area contributed by atoms with Gasteiger partial charge in [-0.2, -0.15) is 5.26 Å². The highest BCUT2D eigenvalue weighted by Gasteiger charge is 2.09. The van der Waals surface area contributed by atoms with E-state index in [-0.39, 0.29) is 6.04 Å². The smallest absolute Gasteiger partial charge is 0.101 e. The first-order chi connectivity index (χ1) is 9.63. The van der Waals surface area contributed by atoms with Gasteiger partial charge in [0.05, 0.1) is 11.3 Å². The van der Waals surface area contributed by atoms with Crippen molar-refractivity contribution in [3.63, 3.8) is 0 Å². The molecule has 0 aliphatic heterocycles. The Balaban J connectivity index is 2.20. The van der Waals surface area contributed by atoms with Crippen molar-refractivity contribution in [3.8, 4) is 6.07 Å². The minimum absolute atomic E-state index is 0.108. The zero-order chi connectivity index (χ0) is 14.5. The number of nitriles is 1. The predicted octanol–water partition coefficient (Wildman–Crippen LogP) is 5.11. The average Bonchev–Trinajstić information content (AvgIpc) is 2.47. The van der Waals surface area contributed by atoms with E-state index in [9.17, 15) is 0 Å². The van der Waals surface area contributed by atoms with Gasteiger partial charge in [0.1, 0.15) is 6.07 Å². The van der Waals surface area contributed by atoms with Gasteiger partial charge in [-0.15, -0.1) is 11.8 Å². The Morgan fingerprint density at radius 3 is 2.50 bits per heavy atom. The van der Waals surface area contributed by atoms with Crippen LogP contribution in [0.15, 0.2) is 47.4 Å². The molecule has 0 saturated heterocycles. The van der Waals surface area contributed by atoms with Gasteiger partial charge in [-0.05, 0) is 49.1 Å². The molecule has 102 valence electrons. The summed E-state index contributed by atoms with van der Waals surface area (Å²) in [6.07, 6.45) is 2.06. The van der Waals surface area contributed by atoms with Crippen LogP contribution in [0.1, 0.15) is 24.1 Å². The van der Waals surface area contributed by atoms with Crippen LogP contribution in [0.3, 0.4) is 0 Å². The molecule has 0 heterocycles. The van der Waals surface area contributed by atoms with E-state index in [2.05, 4.69) is 48.8 Å². The summed E-state index contributed by atoms with van der Waals surface area (Å²) in [5.41, 5.74) is 2.54. The lowest BCUT2D eigenvalue weighted by molar-refractivity contribution is 0.882. The molecule has 2 aromatic rings. The molecule has 0 saturated carbocycles. The Morgan fingerprint density at radius 1 is 1.20 bits per heavy atom. The van der Waals surface area contributed by atoms with E-state index >= 15 is 0 Å². The van der Waals surface area contributed by atoms with E-state index in [1.807, 2.05) is 0 Å². The van der Waals surface area contributed by atoms with Crippen molar-refractivity contribution >= 4 is 29.1 Å². The van der Waals surface area contributed by atoms with Crippen LogP contribution in [0, 0.1) is 11.3 Å². The summed E-state index contributed by atoms with van der Waals surface area (Å²) in [6.45, 7) is 2.07. The van der Waals surface area contributed by atoms with Crippen molar-refractivity contribution in [2.24, 2.45) is 0 Å². The SMILES string of the molecule is CSc1ccc(C(C)Nc2cc(Cl)ccc2C#N)cc1. The number of hydrogen-bond acceptors (Lipinski definition) is 3. The Kier molecular flexibility index (Phi) is 4.94. The summed E-state index contributed by atoms with van der Waals surface area (Å²) >= 11 is 7.71. The molecule has 0 aromatic heterocycles. The van der Waals surface area contributed by atoms with Crippen molar-refractivity contribution in [2.75, 3.05) is 11.6 Å². The van der Waals surface area contributed by atoms with E-state index in [1.54, 1.807) is 30.0 Å². The van der Waals surface area contributed by atoms with Crippen molar-refractivity contribution < 1.29 is 0 Å². The Labute approximate surface area is 128 Å². The molecule has 0 bridgehead atoms. The monoisotopic (exact) mass is 302 g/mol. The quantitative estimate of drug-likeness (QED) is 0.797. The summed E-state index contributed by atoms with van der Waals surface area (Å²) in [5, 5.41) is 13.1. The fourth-order valence-electron chi connectivity index (χ4n) is 1.94. The Hall–Kier alpha value is -1.63. The molecule has 20 heavy (non-hydrogen) atoms. The maximum atomic E-state index is 9.13. The van der Waals surface area contributed by atoms with Crippen molar-refractivity contribution in [1.29, 1.82) is 5.26 Å². The molecule has 0 amide bonds. The van der Waals surface area contributed by atoms with Gasteiger partial charge in [0, 0.05) is 16.0 Å². The number of anilines is 1. The van der Waals surface area contributed by atoms with Gasteiger partial charge in [-0.3, -0.25) is 0 Å². The zero-order valence-corrected chi connectivity index (χ0v) is 12.9. The summed E-state index contributed by atoms with van der Waals surface area (Å²) in [6, 6.07) is 15.9. The van der Waals surface area contributed by atoms with Crippen molar-refractivity contribution in [1.82, 2.24) is 0 Å². The first-order valence-corrected chi connectivity index (χ1v) is 7.84. The number of hydrogen-bond donors (Lipinski definition) is 1. The minimum atomic E-state index is 0.108. The second kappa shape index (κ2) is 6.69. The average molecular weight is 303 g/mol. The van der Waals surface area contributed by atoms with Crippen LogP contribution in [0.4, 0.5) is 5.69 Å². The van der Waals surface area contributed by atoms with E-state index in [0.717, 1.165) is 5.69 Å². The van der Waals surface area contributed by atoms with Crippen LogP contribution < -0.4 is 5.32 Å². The number of halogens is 1. The van der Waals surface area contributed by atoms with E-state index < -0.39 is 0 Å². The highest BCUT2D eigenvalue weighted by atomic mass is 35.5. The lowest BCUT2D eigenvalue weighted by Crippen LogP contribution is -2.07. The van der Waals surface area contributed by atoms with Crippen LogP contribution >= 0.6 is 23.4 Å². The molecule has 0 aliphatic rings. The number of nitrogens with zero attached hydrogens (tertiary/aromatic N) is 1. The van der Waals surface area contributed by atoms with Gasteiger partial charge in [-0.25, -0.2) is 0 Å². The fraction of sp³-hybridized carbons (Fsp3) is 0.188. The van der Waals surface area contributed by atoms with Gasteiger partial charge >= 0.3 is 0 Å². The molecular formula is C16H15ClN2S. The van der Waals surface area contributed by atoms with E-state index in [1.165, 1.54) is 10.5 Å². The first-order valence-electron chi connectivity index (χ1n) is 6.24. The normalized spacial score (nSPS) is 11.7. The van der Waals surface area contributed by atoms with Crippen LogP contribution in [-0.4, -0.2) is 6.26 Å². The van der Waals surface area contributed by atoms with E-state index in [0.29, 0.717) is 10.6 Å². The van der Waals surface area contributed by atoms with Gasteiger partial charge in [0.15, 0.2) is 0 Å². The molecule has 2 aromatic carbocycles. The standard InChI is InChI=1S/C16H15ClN2S/c1-11(12-4-7-15(20-2)8-5-12)19-16-9-14(17)6-3-13(16)10-18/h3-9,11,19H,1-2H3. The highest BCUT2D eigenvalue weighted by Crippen LogP contribution is 2.26. The van der Waals surface area contributed by atoms with Crippen LogP contribution in [0.25, 0.3) is 0 Å². The van der Waals surface area contributed by atoms with Crippen LogP contribution in [0.5, 0.6) is 0 Å². The minimum Gasteiger partial charge on any atom is -0.377 e. The number of benzene rings is 2. The molecule has 0 fully saturated rings. The van der Waals surface area contributed by atoms with Gasteiger partial charge in [0.25, 0.3) is 0 Å². The topological polar surface area (TPSA) is 35.8 Å². The Bertz CT molecular complexity index is 632. The Morgan fingerprint density at radius 2 is 1.90 bits per heavy atom. The number of rotatable bonds is 4. The molecule has 1 N–H and O–H groups in total. The fourth-order valence-corrected chi connectivity index (χ4v) is 2.52. The molecule has 4 heteroatoms. The highest BCUT2D eigenvalue weighted by molar-refractivity contribution is 7.98. The summed E-state index contributed by atoms with van der Waals surface area (Å²) in [5.74, 6) is 0. The molecule has 2 nitrogen and oxygen atoms in total.